The predicted octanol–water partition coefficient (Wildman–Crippen LogP) is 4.46. The summed E-state index contributed by atoms with van der Waals surface area (Å²) in [6.07, 6.45) is 9.87. The molecule has 0 radical (unpaired) electrons. The van der Waals surface area contributed by atoms with Crippen LogP contribution >= 0.6 is 0 Å². The van der Waals surface area contributed by atoms with Gasteiger partial charge in [-0.3, -0.25) is 9.59 Å². The molecule has 9 heteroatoms. The summed E-state index contributed by atoms with van der Waals surface area (Å²) in [7, 11) is 0. The molecule has 0 atom stereocenters. The number of nitrogens with one attached hydrogen (secondary N) is 2. The molecule has 5 rings (SSSR count). The van der Waals surface area contributed by atoms with Gasteiger partial charge < -0.3 is 19.8 Å². The average Bonchev–Trinajstić information content (AvgIpc) is 3.49. The van der Waals surface area contributed by atoms with Crippen LogP contribution in [0.1, 0.15) is 47.4 Å². The summed E-state index contributed by atoms with van der Waals surface area (Å²) in [5.41, 5.74) is 3.64. The van der Waals surface area contributed by atoms with Crippen LogP contribution in [0.3, 0.4) is 0 Å². The number of fused-ring (bicyclic) bond motifs is 1. The number of carbonyl (C=O) groups excluding carboxylic acids is 2. The SMILES string of the molecule is Cc1ccc(-c2nnc3n2CCCCC3)cc1NC(=O)c1cccc(NC(=O)CCn2ccnc2)c1. The topological polar surface area (TPSA) is 107 Å². The summed E-state index contributed by atoms with van der Waals surface area (Å²) in [5.74, 6) is 1.49. The third kappa shape index (κ3) is 5.35. The van der Waals surface area contributed by atoms with Crippen LogP contribution in [0, 0.1) is 6.92 Å². The quantitative estimate of drug-likeness (QED) is 0.404. The Balaban J connectivity index is 1.28. The fourth-order valence-electron chi connectivity index (χ4n) is 4.40. The molecule has 9 nitrogen and oxygen atoms in total. The van der Waals surface area contributed by atoms with Gasteiger partial charge in [-0.15, -0.1) is 10.2 Å². The number of imidazole rings is 1. The van der Waals surface area contributed by atoms with Crippen LogP contribution in [0.25, 0.3) is 11.4 Å². The summed E-state index contributed by atoms with van der Waals surface area (Å²) in [5, 5.41) is 14.7. The van der Waals surface area contributed by atoms with Crippen LogP contribution in [0.15, 0.2) is 61.2 Å². The first-order valence-electron chi connectivity index (χ1n) is 12.3. The van der Waals surface area contributed by atoms with Crippen molar-refractivity contribution >= 4 is 23.2 Å². The number of amides is 2. The molecule has 184 valence electrons. The third-order valence-corrected chi connectivity index (χ3v) is 6.42. The highest BCUT2D eigenvalue weighted by Gasteiger charge is 2.17. The molecule has 36 heavy (non-hydrogen) atoms. The highest BCUT2D eigenvalue weighted by Crippen LogP contribution is 2.27. The van der Waals surface area contributed by atoms with E-state index in [2.05, 4.69) is 30.4 Å². The molecule has 4 aromatic rings. The van der Waals surface area contributed by atoms with E-state index >= 15 is 0 Å². The van der Waals surface area contributed by atoms with E-state index in [9.17, 15) is 9.59 Å². The fourth-order valence-corrected chi connectivity index (χ4v) is 4.40. The minimum absolute atomic E-state index is 0.128. The lowest BCUT2D eigenvalue weighted by molar-refractivity contribution is -0.116. The van der Waals surface area contributed by atoms with E-state index in [1.807, 2.05) is 35.9 Å². The molecule has 1 aliphatic rings. The highest BCUT2D eigenvalue weighted by molar-refractivity contribution is 6.06. The molecule has 0 bridgehead atoms. The zero-order valence-corrected chi connectivity index (χ0v) is 20.3. The van der Waals surface area contributed by atoms with Crippen LogP contribution in [-0.4, -0.2) is 36.1 Å². The van der Waals surface area contributed by atoms with Crippen molar-refractivity contribution in [3.05, 3.63) is 78.1 Å². The second kappa shape index (κ2) is 10.6. The van der Waals surface area contributed by atoms with Gasteiger partial charge >= 0.3 is 0 Å². The molecule has 0 aliphatic carbocycles. The van der Waals surface area contributed by atoms with Crippen LogP contribution < -0.4 is 10.6 Å². The van der Waals surface area contributed by atoms with Crippen molar-refractivity contribution in [2.75, 3.05) is 10.6 Å². The van der Waals surface area contributed by atoms with Crippen molar-refractivity contribution in [2.45, 2.75) is 52.1 Å². The number of benzene rings is 2. The van der Waals surface area contributed by atoms with Crippen molar-refractivity contribution in [2.24, 2.45) is 0 Å². The number of anilines is 2. The third-order valence-electron chi connectivity index (χ3n) is 6.42. The van der Waals surface area contributed by atoms with Crippen molar-refractivity contribution in [3.63, 3.8) is 0 Å². The maximum absolute atomic E-state index is 13.1. The number of rotatable bonds is 7. The summed E-state index contributed by atoms with van der Waals surface area (Å²) in [6.45, 7) is 3.41. The lowest BCUT2D eigenvalue weighted by Gasteiger charge is -2.13. The maximum atomic E-state index is 13.1. The van der Waals surface area contributed by atoms with Crippen LogP contribution in [-0.2, 0) is 24.3 Å². The van der Waals surface area contributed by atoms with Gasteiger partial charge in [-0.2, -0.15) is 0 Å². The standard InChI is InChI=1S/C27H29N7O2/c1-19-9-10-20(26-32-31-24-8-3-2-4-13-34(24)26)17-23(19)30-27(36)21-6-5-7-22(16-21)29-25(35)11-14-33-15-12-28-18-33/h5-7,9-10,12,15-18H,2-4,8,11,13-14H2,1H3,(H,29,35)(H,30,36). The number of hydrogen-bond acceptors (Lipinski definition) is 5. The lowest BCUT2D eigenvalue weighted by Crippen LogP contribution is -2.16. The Morgan fingerprint density at radius 2 is 1.94 bits per heavy atom. The maximum Gasteiger partial charge on any atom is 0.255 e. The zero-order chi connectivity index (χ0) is 24.9. The first-order chi connectivity index (χ1) is 17.6. The molecular weight excluding hydrogens is 454 g/mol. The van der Waals surface area contributed by atoms with Crippen LogP contribution in [0.4, 0.5) is 11.4 Å². The summed E-state index contributed by atoms with van der Waals surface area (Å²) in [4.78, 5) is 29.4. The molecular formula is C27H29N7O2. The number of hydrogen-bond donors (Lipinski definition) is 2. The summed E-state index contributed by atoms with van der Waals surface area (Å²) in [6, 6.07) is 12.9. The van der Waals surface area contributed by atoms with E-state index in [1.165, 1.54) is 6.42 Å². The molecule has 2 aromatic heterocycles. The first kappa shape index (κ1) is 23.5. The van der Waals surface area contributed by atoms with Gasteiger partial charge in [0.25, 0.3) is 5.91 Å². The number of nitrogens with zero attached hydrogens (tertiary/aromatic N) is 5. The monoisotopic (exact) mass is 483 g/mol. The molecule has 0 saturated carbocycles. The van der Waals surface area contributed by atoms with E-state index in [4.69, 9.17) is 0 Å². The van der Waals surface area contributed by atoms with Gasteiger partial charge in [-0.05, 0) is 49.6 Å². The van der Waals surface area contributed by atoms with Gasteiger partial charge in [0.1, 0.15) is 5.82 Å². The highest BCUT2D eigenvalue weighted by atomic mass is 16.2. The minimum atomic E-state index is -0.246. The van der Waals surface area contributed by atoms with Gasteiger partial charge in [0.05, 0.1) is 6.33 Å². The molecule has 2 aromatic carbocycles. The van der Waals surface area contributed by atoms with Crippen LogP contribution in [0.5, 0.6) is 0 Å². The molecule has 1 aliphatic heterocycles. The van der Waals surface area contributed by atoms with E-state index in [0.717, 1.165) is 54.3 Å². The van der Waals surface area contributed by atoms with Gasteiger partial charge in [-0.1, -0.05) is 24.6 Å². The second-order valence-corrected chi connectivity index (χ2v) is 9.07. The smallest absolute Gasteiger partial charge is 0.255 e. The van der Waals surface area contributed by atoms with E-state index in [0.29, 0.717) is 24.2 Å². The molecule has 0 saturated heterocycles. The Labute approximate surface area is 209 Å². The average molecular weight is 484 g/mol. The Morgan fingerprint density at radius 3 is 2.81 bits per heavy atom. The van der Waals surface area contributed by atoms with Gasteiger partial charge in [0, 0.05) is 60.8 Å². The normalized spacial score (nSPS) is 13.0. The predicted molar refractivity (Wildman–Crippen MR) is 138 cm³/mol. The number of carbonyl (C=O) groups is 2. The molecule has 2 amide bonds. The molecule has 2 N–H and O–H groups in total. The Hall–Kier alpha value is -4.27. The fraction of sp³-hybridized carbons (Fsp3) is 0.296. The van der Waals surface area contributed by atoms with E-state index in [-0.39, 0.29) is 11.8 Å². The van der Waals surface area contributed by atoms with Gasteiger partial charge in [0.15, 0.2) is 5.82 Å². The second-order valence-electron chi connectivity index (χ2n) is 9.07. The molecule has 0 spiro atoms. The Kier molecular flexibility index (Phi) is 6.88. The van der Waals surface area contributed by atoms with Gasteiger partial charge in [-0.25, -0.2) is 4.98 Å². The van der Waals surface area contributed by atoms with Crippen molar-refractivity contribution < 1.29 is 9.59 Å². The molecule has 3 heterocycles. The summed E-state index contributed by atoms with van der Waals surface area (Å²) >= 11 is 0. The minimum Gasteiger partial charge on any atom is -0.337 e. The summed E-state index contributed by atoms with van der Waals surface area (Å²) < 4.78 is 4.04. The lowest BCUT2D eigenvalue weighted by atomic mass is 10.1. The Bertz CT molecular complexity index is 1370. The van der Waals surface area contributed by atoms with Crippen LogP contribution in [0.2, 0.25) is 0 Å². The zero-order valence-electron chi connectivity index (χ0n) is 20.3. The Morgan fingerprint density at radius 1 is 1.03 bits per heavy atom. The first-order valence-corrected chi connectivity index (χ1v) is 12.3. The van der Waals surface area contributed by atoms with Crippen molar-refractivity contribution in [3.8, 4) is 11.4 Å². The molecule has 0 fully saturated rings. The van der Waals surface area contributed by atoms with Crippen molar-refractivity contribution in [1.82, 2.24) is 24.3 Å². The van der Waals surface area contributed by atoms with Gasteiger partial charge in [0.2, 0.25) is 5.91 Å². The van der Waals surface area contributed by atoms with E-state index in [1.54, 1.807) is 36.8 Å². The number of aryl methyl sites for hydroxylation is 3. The number of aromatic nitrogens is 5. The van der Waals surface area contributed by atoms with E-state index < -0.39 is 0 Å². The molecule has 0 unspecified atom stereocenters. The van der Waals surface area contributed by atoms with Crippen molar-refractivity contribution in [1.29, 1.82) is 0 Å². The largest absolute Gasteiger partial charge is 0.337 e.